The number of hydrogen-bond acceptors (Lipinski definition) is 3. The average Bonchev–Trinajstić information content (AvgIpc) is 2.54. The molecule has 0 bridgehead atoms. The first-order valence-electron chi connectivity index (χ1n) is 3.59. The molecule has 13 heavy (non-hydrogen) atoms. The summed E-state index contributed by atoms with van der Waals surface area (Å²) < 4.78 is 1.63. The predicted molar refractivity (Wildman–Crippen MR) is 53.0 cm³/mol. The van der Waals surface area contributed by atoms with Crippen LogP contribution < -0.4 is 5.73 Å². The third-order valence-electron chi connectivity index (χ3n) is 1.53. The van der Waals surface area contributed by atoms with Gasteiger partial charge in [0, 0.05) is 0 Å². The van der Waals surface area contributed by atoms with E-state index in [1.807, 2.05) is 30.3 Å². The van der Waals surface area contributed by atoms with Crippen molar-refractivity contribution in [2.45, 2.75) is 0 Å². The molecule has 0 aliphatic carbocycles. The van der Waals surface area contributed by atoms with E-state index in [4.69, 9.17) is 5.73 Å². The number of benzene rings is 1. The summed E-state index contributed by atoms with van der Waals surface area (Å²) >= 11 is 0. The number of nitrogens with two attached hydrogens (primary N) is 1. The maximum absolute atomic E-state index is 5.42. The zero-order valence-corrected chi connectivity index (χ0v) is 7.61. The van der Waals surface area contributed by atoms with Crippen molar-refractivity contribution < 1.29 is 0 Å². The molecule has 5 heteroatoms. The van der Waals surface area contributed by atoms with Crippen molar-refractivity contribution in [1.82, 2.24) is 15.0 Å². The molecular weight excluding hydrogens is 188 g/mol. The molecule has 0 aliphatic heterocycles. The van der Waals surface area contributed by atoms with Gasteiger partial charge in [-0.05, 0) is 12.1 Å². The van der Waals surface area contributed by atoms with Gasteiger partial charge in [-0.3, -0.25) is 0 Å². The van der Waals surface area contributed by atoms with Gasteiger partial charge >= 0.3 is 0 Å². The first-order valence-corrected chi connectivity index (χ1v) is 3.59. The van der Waals surface area contributed by atoms with E-state index in [1.165, 1.54) is 0 Å². The zero-order valence-electron chi connectivity index (χ0n) is 6.79. The third-order valence-corrected chi connectivity index (χ3v) is 1.53. The van der Waals surface area contributed by atoms with Crippen LogP contribution >= 0.6 is 12.4 Å². The van der Waals surface area contributed by atoms with Gasteiger partial charge in [-0.2, -0.15) is 0 Å². The van der Waals surface area contributed by atoms with Crippen molar-refractivity contribution in [2.75, 3.05) is 5.73 Å². The predicted octanol–water partition coefficient (Wildman–Crippen LogP) is 1.27. The third kappa shape index (κ3) is 1.97. The van der Waals surface area contributed by atoms with Gasteiger partial charge in [-0.1, -0.05) is 23.4 Å². The highest BCUT2D eigenvalue weighted by Crippen LogP contribution is 2.05. The zero-order chi connectivity index (χ0) is 8.39. The standard InChI is InChI=1S/C8H8N4.ClH/c9-8-6-12(11-10-8)7-4-2-1-3-5-7;/h1-6H,9H2;1H. The van der Waals surface area contributed by atoms with Crippen molar-refractivity contribution in [3.05, 3.63) is 36.5 Å². The van der Waals surface area contributed by atoms with E-state index in [9.17, 15) is 0 Å². The summed E-state index contributed by atoms with van der Waals surface area (Å²) in [7, 11) is 0. The fourth-order valence-electron chi connectivity index (χ4n) is 0.984. The van der Waals surface area contributed by atoms with Gasteiger partial charge in [0.25, 0.3) is 0 Å². The minimum absolute atomic E-state index is 0. The Hall–Kier alpha value is -1.55. The Balaban J connectivity index is 0.000000845. The Bertz CT molecular complexity index is 371. The number of hydrogen-bond donors (Lipinski definition) is 1. The Kier molecular flexibility index (Phi) is 2.87. The van der Waals surface area contributed by atoms with Crippen molar-refractivity contribution in [3.63, 3.8) is 0 Å². The molecule has 1 aromatic carbocycles. The van der Waals surface area contributed by atoms with Crippen LogP contribution in [0.2, 0.25) is 0 Å². The van der Waals surface area contributed by atoms with Crippen molar-refractivity contribution >= 4 is 18.2 Å². The average molecular weight is 197 g/mol. The molecule has 0 aliphatic rings. The summed E-state index contributed by atoms with van der Waals surface area (Å²) in [4.78, 5) is 0. The summed E-state index contributed by atoms with van der Waals surface area (Å²) in [5.74, 6) is 0.429. The second kappa shape index (κ2) is 3.91. The van der Waals surface area contributed by atoms with E-state index in [0.717, 1.165) is 5.69 Å². The number of nitrogens with zero attached hydrogens (tertiary/aromatic N) is 3. The normalized spacial score (nSPS) is 9.23. The number of para-hydroxylation sites is 1. The Morgan fingerprint density at radius 1 is 1.15 bits per heavy atom. The van der Waals surface area contributed by atoms with E-state index < -0.39 is 0 Å². The first kappa shape index (κ1) is 9.54. The van der Waals surface area contributed by atoms with E-state index in [2.05, 4.69) is 10.3 Å². The number of aromatic nitrogens is 3. The van der Waals surface area contributed by atoms with Gasteiger partial charge in [0.15, 0.2) is 5.82 Å². The molecular formula is C8H9ClN4. The highest BCUT2D eigenvalue weighted by Gasteiger charge is 1.96. The maximum atomic E-state index is 5.42. The van der Waals surface area contributed by atoms with Crippen LogP contribution in [-0.2, 0) is 0 Å². The van der Waals surface area contributed by atoms with Crippen molar-refractivity contribution in [3.8, 4) is 5.69 Å². The monoisotopic (exact) mass is 196 g/mol. The van der Waals surface area contributed by atoms with Gasteiger partial charge in [-0.15, -0.1) is 17.5 Å². The van der Waals surface area contributed by atoms with Crippen LogP contribution in [0.25, 0.3) is 5.69 Å². The molecule has 1 aromatic heterocycles. The minimum atomic E-state index is 0. The molecule has 0 unspecified atom stereocenters. The molecule has 1 heterocycles. The van der Waals surface area contributed by atoms with Gasteiger partial charge in [0.05, 0.1) is 11.9 Å². The summed E-state index contributed by atoms with van der Waals surface area (Å²) in [6.45, 7) is 0. The summed E-state index contributed by atoms with van der Waals surface area (Å²) in [5, 5.41) is 7.51. The number of anilines is 1. The Morgan fingerprint density at radius 2 is 1.85 bits per heavy atom. The second-order valence-corrected chi connectivity index (χ2v) is 2.42. The SMILES string of the molecule is Cl.Nc1cn(-c2ccccc2)nn1. The lowest BCUT2D eigenvalue weighted by Crippen LogP contribution is -1.93. The lowest BCUT2D eigenvalue weighted by Gasteiger charge is -1.96. The number of nitrogen functional groups attached to an aromatic ring is 1. The number of rotatable bonds is 1. The fraction of sp³-hybridized carbons (Fsp3) is 0. The molecule has 4 nitrogen and oxygen atoms in total. The van der Waals surface area contributed by atoms with Gasteiger partial charge in [0.2, 0.25) is 0 Å². The molecule has 2 rings (SSSR count). The van der Waals surface area contributed by atoms with E-state index >= 15 is 0 Å². The molecule has 0 saturated carbocycles. The van der Waals surface area contributed by atoms with Gasteiger partial charge in [-0.25, -0.2) is 4.68 Å². The Morgan fingerprint density at radius 3 is 2.38 bits per heavy atom. The highest BCUT2D eigenvalue weighted by atomic mass is 35.5. The molecule has 2 N–H and O–H groups in total. The van der Waals surface area contributed by atoms with Crippen LogP contribution in [0.3, 0.4) is 0 Å². The summed E-state index contributed by atoms with van der Waals surface area (Å²) in [6.07, 6.45) is 1.68. The van der Waals surface area contributed by atoms with Crippen LogP contribution in [0, 0.1) is 0 Å². The van der Waals surface area contributed by atoms with Crippen LogP contribution in [0.1, 0.15) is 0 Å². The highest BCUT2D eigenvalue weighted by molar-refractivity contribution is 5.85. The number of halogens is 1. The minimum Gasteiger partial charge on any atom is -0.381 e. The lowest BCUT2D eigenvalue weighted by molar-refractivity contribution is 0.804. The van der Waals surface area contributed by atoms with Crippen LogP contribution in [0.15, 0.2) is 36.5 Å². The first-order chi connectivity index (χ1) is 5.86. The second-order valence-electron chi connectivity index (χ2n) is 2.42. The molecule has 0 atom stereocenters. The quantitative estimate of drug-likeness (QED) is 0.748. The Labute approximate surface area is 81.8 Å². The maximum Gasteiger partial charge on any atom is 0.166 e. The van der Waals surface area contributed by atoms with E-state index in [-0.39, 0.29) is 12.4 Å². The summed E-state index contributed by atoms with van der Waals surface area (Å²) in [6, 6.07) is 9.70. The molecule has 0 radical (unpaired) electrons. The molecule has 0 fully saturated rings. The lowest BCUT2D eigenvalue weighted by atomic mass is 10.3. The van der Waals surface area contributed by atoms with Crippen molar-refractivity contribution in [2.24, 2.45) is 0 Å². The van der Waals surface area contributed by atoms with E-state index in [0.29, 0.717) is 5.82 Å². The molecule has 0 saturated heterocycles. The molecule has 0 amide bonds. The van der Waals surface area contributed by atoms with Gasteiger partial charge < -0.3 is 5.73 Å². The molecule has 0 spiro atoms. The van der Waals surface area contributed by atoms with Crippen molar-refractivity contribution in [1.29, 1.82) is 0 Å². The van der Waals surface area contributed by atoms with Crippen LogP contribution in [-0.4, -0.2) is 15.0 Å². The van der Waals surface area contributed by atoms with Gasteiger partial charge in [0.1, 0.15) is 0 Å². The fourth-order valence-corrected chi connectivity index (χ4v) is 0.984. The van der Waals surface area contributed by atoms with E-state index in [1.54, 1.807) is 10.9 Å². The molecule has 2 aromatic rings. The molecule has 68 valence electrons. The summed E-state index contributed by atoms with van der Waals surface area (Å²) in [5.41, 5.74) is 6.38. The topological polar surface area (TPSA) is 56.7 Å². The smallest absolute Gasteiger partial charge is 0.166 e. The van der Waals surface area contributed by atoms with Crippen LogP contribution in [0.5, 0.6) is 0 Å². The van der Waals surface area contributed by atoms with Crippen LogP contribution in [0.4, 0.5) is 5.82 Å². The largest absolute Gasteiger partial charge is 0.381 e.